The zero-order chi connectivity index (χ0) is 7.98. The first-order chi connectivity index (χ1) is 4.70. The molecule has 0 spiro atoms. The van der Waals surface area contributed by atoms with E-state index in [1.165, 1.54) is 6.20 Å². The van der Waals surface area contributed by atoms with Crippen LogP contribution >= 0.6 is 0 Å². The Labute approximate surface area is 61.7 Å². The van der Waals surface area contributed by atoms with E-state index in [9.17, 15) is 0 Å². The van der Waals surface area contributed by atoms with Gasteiger partial charge in [-0.25, -0.2) is 0 Å². The topological polar surface area (TPSA) is 35.2 Å². The molecule has 0 atom stereocenters. The lowest BCUT2D eigenvalue weighted by Crippen LogP contribution is -1.81. The van der Waals surface area contributed by atoms with Crippen molar-refractivity contribution in [3.8, 4) is 0 Å². The van der Waals surface area contributed by atoms with Crippen LogP contribution in [0.2, 0.25) is 0 Å². The van der Waals surface area contributed by atoms with Gasteiger partial charge in [0.05, 0.1) is 7.11 Å². The summed E-state index contributed by atoms with van der Waals surface area (Å²) in [5, 5.41) is 0. The lowest BCUT2D eigenvalue weighted by Gasteiger charge is -1.94. The van der Waals surface area contributed by atoms with Crippen LogP contribution in [0.1, 0.15) is 6.92 Å². The molecule has 0 unspecified atom stereocenters. The summed E-state index contributed by atoms with van der Waals surface area (Å²) in [5.41, 5.74) is 6.20. The number of nitrogens with two attached hydrogens (primary N) is 1. The molecule has 0 heterocycles. The van der Waals surface area contributed by atoms with Crippen LogP contribution in [0.25, 0.3) is 0 Å². The second-order valence-electron chi connectivity index (χ2n) is 1.91. The summed E-state index contributed by atoms with van der Waals surface area (Å²) in [6.45, 7) is 5.50. The molecular formula is C8H13NO. The summed E-state index contributed by atoms with van der Waals surface area (Å²) in [4.78, 5) is 0. The van der Waals surface area contributed by atoms with Crippen molar-refractivity contribution in [2.24, 2.45) is 5.73 Å². The van der Waals surface area contributed by atoms with Crippen molar-refractivity contribution < 1.29 is 4.74 Å². The Kier molecular flexibility index (Phi) is 4.12. The van der Waals surface area contributed by atoms with E-state index < -0.39 is 0 Å². The summed E-state index contributed by atoms with van der Waals surface area (Å²) >= 11 is 0. The second-order valence-corrected chi connectivity index (χ2v) is 1.91. The molecule has 0 rings (SSSR count). The Morgan fingerprint density at radius 3 is 2.50 bits per heavy atom. The average Bonchev–Trinajstić information content (AvgIpc) is 1.99. The minimum Gasteiger partial charge on any atom is -0.497 e. The van der Waals surface area contributed by atoms with Gasteiger partial charge in [0.1, 0.15) is 5.76 Å². The maximum absolute atomic E-state index is 5.22. The third-order valence-corrected chi connectivity index (χ3v) is 1.06. The first-order valence-electron chi connectivity index (χ1n) is 3.00. The van der Waals surface area contributed by atoms with Crippen LogP contribution in [0.3, 0.4) is 0 Å². The van der Waals surface area contributed by atoms with Crippen molar-refractivity contribution in [2.75, 3.05) is 7.11 Å². The molecule has 10 heavy (non-hydrogen) atoms. The monoisotopic (exact) mass is 139 g/mol. The number of rotatable bonds is 3. The van der Waals surface area contributed by atoms with E-state index in [1.54, 1.807) is 13.2 Å². The molecular weight excluding hydrogens is 126 g/mol. The molecule has 2 N–H and O–H groups in total. The van der Waals surface area contributed by atoms with Crippen molar-refractivity contribution in [3.63, 3.8) is 0 Å². The van der Waals surface area contributed by atoms with E-state index in [0.29, 0.717) is 5.76 Å². The quantitative estimate of drug-likeness (QED) is 0.475. The molecule has 0 aliphatic heterocycles. The SMILES string of the molecule is C=C(/C=C\C(C)=C/N)OC. The maximum atomic E-state index is 5.22. The Bertz CT molecular complexity index is 168. The van der Waals surface area contributed by atoms with Crippen LogP contribution in [0.5, 0.6) is 0 Å². The first kappa shape index (κ1) is 8.82. The molecule has 0 saturated carbocycles. The smallest absolute Gasteiger partial charge is 0.111 e. The van der Waals surface area contributed by atoms with Gasteiger partial charge < -0.3 is 10.5 Å². The highest BCUT2D eigenvalue weighted by Gasteiger charge is 1.81. The van der Waals surface area contributed by atoms with Crippen molar-refractivity contribution in [3.05, 3.63) is 36.3 Å². The predicted octanol–water partition coefficient (Wildman–Crippen LogP) is 1.57. The van der Waals surface area contributed by atoms with Gasteiger partial charge in [0, 0.05) is 0 Å². The first-order valence-corrected chi connectivity index (χ1v) is 3.00. The molecule has 56 valence electrons. The van der Waals surface area contributed by atoms with Gasteiger partial charge in [-0.05, 0) is 24.8 Å². The van der Waals surface area contributed by atoms with Crippen LogP contribution in [0.15, 0.2) is 36.3 Å². The molecule has 0 aliphatic rings. The van der Waals surface area contributed by atoms with E-state index in [1.807, 2.05) is 13.0 Å². The van der Waals surface area contributed by atoms with Gasteiger partial charge >= 0.3 is 0 Å². The van der Waals surface area contributed by atoms with Crippen molar-refractivity contribution >= 4 is 0 Å². The molecule has 0 saturated heterocycles. The van der Waals surface area contributed by atoms with Gasteiger partial charge in [0.2, 0.25) is 0 Å². The highest BCUT2D eigenvalue weighted by molar-refractivity contribution is 5.20. The minimum atomic E-state index is 0.626. The van der Waals surface area contributed by atoms with Gasteiger partial charge in [0.25, 0.3) is 0 Å². The van der Waals surface area contributed by atoms with Gasteiger partial charge in [0.15, 0.2) is 0 Å². The van der Waals surface area contributed by atoms with Crippen LogP contribution < -0.4 is 5.73 Å². The minimum absolute atomic E-state index is 0.626. The normalized spacial score (nSPS) is 12.0. The van der Waals surface area contributed by atoms with E-state index in [2.05, 4.69) is 6.58 Å². The number of allylic oxidation sites excluding steroid dienone is 3. The van der Waals surface area contributed by atoms with Gasteiger partial charge in [-0.2, -0.15) is 0 Å². The lowest BCUT2D eigenvalue weighted by molar-refractivity contribution is 0.309. The molecule has 0 amide bonds. The Balaban J connectivity index is 3.88. The van der Waals surface area contributed by atoms with Gasteiger partial charge in [-0.1, -0.05) is 12.7 Å². The molecule has 2 heteroatoms. The Morgan fingerprint density at radius 1 is 1.50 bits per heavy atom. The summed E-state index contributed by atoms with van der Waals surface area (Å²) < 4.78 is 4.80. The molecule has 0 fully saturated rings. The zero-order valence-corrected chi connectivity index (χ0v) is 6.42. The lowest BCUT2D eigenvalue weighted by atomic mass is 10.3. The van der Waals surface area contributed by atoms with E-state index >= 15 is 0 Å². The van der Waals surface area contributed by atoms with Crippen LogP contribution in [0.4, 0.5) is 0 Å². The highest BCUT2D eigenvalue weighted by Crippen LogP contribution is 1.97. The second kappa shape index (κ2) is 4.68. The zero-order valence-electron chi connectivity index (χ0n) is 6.42. The van der Waals surface area contributed by atoms with Crippen molar-refractivity contribution in [1.29, 1.82) is 0 Å². The van der Waals surface area contributed by atoms with Crippen LogP contribution in [-0.4, -0.2) is 7.11 Å². The third kappa shape index (κ3) is 3.78. The highest BCUT2D eigenvalue weighted by atomic mass is 16.5. The fourth-order valence-corrected chi connectivity index (χ4v) is 0.348. The van der Waals surface area contributed by atoms with E-state index in [-0.39, 0.29) is 0 Å². The maximum Gasteiger partial charge on any atom is 0.111 e. The molecule has 2 nitrogen and oxygen atoms in total. The fraction of sp³-hybridized carbons (Fsp3) is 0.250. The summed E-state index contributed by atoms with van der Waals surface area (Å²) in [6, 6.07) is 0. The predicted molar refractivity (Wildman–Crippen MR) is 43.2 cm³/mol. The van der Waals surface area contributed by atoms with Gasteiger partial charge in [-0.3, -0.25) is 0 Å². The van der Waals surface area contributed by atoms with Crippen molar-refractivity contribution in [1.82, 2.24) is 0 Å². The number of methoxy groups -OCH3 is 1. The summed E-state index contributed by atoms with van der Waals surface area (Å²) in [5.74, 6) is 0.626. The molecule has 0 radical (unpaired) electrons. The molecule has 0 aromatic heterocycles. The molecule has 0 aromatic rings. The Hall–Kier alpha value is -1.18. The molecule has 0 aromatic carbocycles. The van der Waals surface area contributed by atoms with Crippen LogP contribution in [-0.2, 0) is 4.74 Å². The fourth-order valence-electron chi connectivity index (χ4n) is 0.348. The molecule has 0 bridgehead atoms. The largest absolute Gasteiger partial charge is 0.497 e. The van der Waals surface area contributed by atoms with E-state index in [0.717, 1.165) is 5.57 Å². The third-order valence-electron chi connectivity index (χ3n) is 1.06. The van der Waals surface area contributed by atoms with E-state index in [4.69, 9.17) is 10.5 Å². The molecule has 0 aliphatic carbocycles. The van der Waals surface area contributed by atoms with Crippen molar-refractivity contribution in [2.45, 2.75) is 6.92 Å². The van der Waals surface area contributed by atoms with Crippen LogP contribution in [0, 0.1) is 0 Å². The Morgan fingerprint density at radius 2 is 2.10 bits per heavy atom. The number of hydrogen-bond acceptors (Lipinski definition) is 2. The number of hydrogen-bond donors (Lipinski definition) is 1. The standard InChI is InChI=1S/C8H13NO/c1-7(6-9)4-5-8(2)10-3/h4-6H,2,9H2,1,3H3/b5-4-,7-6-. The number of ether oxygens (including phenoxy) is 1. The summed E-state index contributed by atoms with van der Waals surface area (Å²) in [7, 11) is 1.58. The summed E-state index contributed by atoms with van der Waals surface area (Å²) in [6.07, 6.45) is 5.13. The average molecular weight is 139 g/mol. The van der Waals surface area contributed by atoms with Gasteiger partial charge in [-0.15, -0.1) is 0 Å².